The van der Waals surface area contributed by atoms with Crippen LogP contribution in [0.25, 0.3) is 10.2 Å². The van der Waals surface area contributed by atoms with Crippen LogP contribution in [0, 0.1) is 0 Å². The van der Waals surface area contributed by atoms with Crippen molar-refractivity contribution < 1.29 is 9.84 Å². The Hall–Kier alpha value is -1.47. The number of hydrogen-bond acceptors (Lipinski definition) is 6. The molecule has 0 bridgehead atoms. The van der Waals surface area contributed by atoms with Crippen LogP contribution < -0.4 is 5.32 Å². The molecule has 2 N–H and O–H groups in total. The molecule has 0 radical (unpaired) electrons. The van der Waals surface area contributed by atoms with Gasteiger partial charge in [-0.1, -0.05) is 6.07 Å². The summed E-state index contributed by atoms with van der Waals surface area (Å²) in [7, 11) is 0. The molecule has 21 heavy (non-hydrogen) atoms. The second-order valence-electron chi connectivity index (χ2n) is 4.66. The Kier molecular flexibility index (Phi) is 4.82. The molecule has 1 atom stereocenters. The van der Waals surface area contributed by atoms with Crippen LogP contribution in [0.15, 0.2) is 41.2 Å². The number of anilines is 1. The lowest BCUT2D eigenvalue weighted by atomic mass is 10.3. The molecular formula is C15H16N2O2S2. The molecule has 3 aromatic rings. The quantitative estimate of drug-likeness (QED) is 0.701. The molecule has 3 rings (SSSR count). The second kappa shape index (κ2) is 7.00. The Labute approximate surface area is 131 Å². The Morgan fingerprint density at radius 3 is 3.10 bits per heavy atom. The lowest BCUT2D eigenvalue weighted by Crippen LogP contribution is -2.24. The minimum atomic E-state index is -0.526. The van der Waals surface area contributed by atoms with Gasteiger partial charge in [0.15, 0.2) is 0 Å². The van der Waals surface area contributed by atoms with E-state index in [1.165, 1.54) is 4.88 Å². The van der Waals surface area contributed by atoms with E-state index in [1.54, 1.807) is 22.7 Å². The van der Waals surface area contributed by atoms with E-state index in [-0.39, 0.29) is 0 Å². The van der Waals surface area contributed by atoms with Gasteiger partial charge in [0.25, 0.3) is 0 Å². The normalized spacial score (nSPS) is 12.6. The van der Waals surface area contributed by atoms with E-state index in [0.717, 1.165) is 15.9 Å². The van der Waals surface area contributed by atoms with Gasteiger partial charge in [0.05, 0.1) is 35.0 Å². The fraction of sp³-hybridized carbons (Fsp3) is 0.267. The first kappa shape index (κ1) is 14.5. The smallest absolute Gasteiger partial charge is 0.0945 e. The molecular weight excluding hydrogens is 304 g/mol. The number of aliphatic hydroxyl groups excluding tert-OH is 1. The van der Waals surface area contributed by atoms with Crippen LogP contribution in [0.1, 0.15) is 4.88 Å². The van der Waals surface area contributed by atoms with Crippen molar-refractivity contribution in [2.45, 2.75) is 12.7 Å². The average molecular weight is 320 g/mol. The van der Waals surface area contributed by atoms with Gasteiger partial charge in [-0.25, -0.2) is 4.98 Å². The molecule has 2 aromatic heterocycles. The molecule has 4 nitrogen and oxygen atoms in total. The highest BCUT2D eigenvalue weighted by atomic mass is 32.1. The molecule has 0 saturated heterocycles. The molecule has 0 aliphatic carbocycles. The predicted octanol–water partition coefficient (Wildman–Crippen LogP) is 3.35. The van der Waals surface area contributed by atoms with Gasteiger partial charge in [0.2, 0.25) is 0 Å². The first-order valence-corrected chi connectivity index (χ1v) is 8.42. The van der Waals surface area contributed by atoms with Gasteiger partial charge in [-0.3, -0.25) is 0 Å². The number of thiazole rings is 1. The zero-order valence-electron chi connectivity index (χ0n) is 11.4. The summed E-state index contributed by atoms with van der Waals surface area (Å²) in [5, 5.41) is 15.2. The monoisotopic (exact) mass is 320 g/mol. The second-order valence-corrected chi connectivity index (χ2v) is 6.58. The Bertz CT molecular complexity index is 682. The number of ether oxygens (including phenoxy) is 1. The Morgan fingerprint density at radius 2 is 2.24 bits per heavy atom. The van der Waals surface area contributed by atoms with Crippen LogP contribution in [0.3, 0.4) is 0 Å². The fourth-order valence-electron chi connectivity index (χ4n) is 1.95. The van der Waals surface area contributed by atoms with E-state index >= 15 is 0 Å². The number of fused-ring (bicyclic) bond motifs is 1. The van der Waals surface area contributed by atoms with E-state index in [4.69, 9.17) is 4.74 Å². The third-order valence-corrected chi connectivity index (χ3v) is 4.65. The van der Waals surface area contributed by atoms with Gasteiger partial charge >= 0.3 is 0 Å². The summed E-state index contributed by atoms with van der Waals surface area (Å²) in [6, 6.07) is 10.0. The number of aromatic nitrogens is 1. The van der Waals surface area contributed by atoms with Gasteiger partial charge in [-0.15, -0.1) is 22.7 Å². The zero-order chi connectivity index (χ0) is 14.5. The third-order valence-electron chi connectivity index (χ3n) is 3.01. The summed E-state index contributed by atoms with van der Waals surface area (Å²) in [6.07, 6.45) is -0.526. The number of nitrogens with one attached hydrogen (secondary N) is 1. The van der Waals surface area contributed by atoms with Crippen LogP contribution in [-0.2, 0) is 11.3 Å². The van der Waals surface area contributed by atoms with E-state index < -0.39 is 6.10 Å². The van der Waals surface area contributed by atoms with Gasteiger partial charge in [-0.05, 0) is 29.6 Å². The maximum absolute atomic E-state index is 9.92. The van der Waals surface area contributed by atoms with Crippen molar-refractivity contribution in [3.05, 3.63) is 46.1 Å². The number of nitrogens with zero attached hydrogens (tertiary/aromatic N) is 1. The number of benzene rings is 1. The Morgan fingerprint density at radius 1 is 1.29 bits per heavy atom. The summed E-state index contributed by atoms with van der Waals surface area (Å²) in [5.74, 6) is 0. The van der Waals surface area contributed by atoms with Gasteiger partial charge in [0.1, 0.15) is 0 Å². The van der Waals surface area contributed by atoms with E-state index in [2.05, 4.69) is 10.3 Å². The van der Waals surface area contributed by atoms with Crippen molar-refractivity contribution in [1.82, 2.24) is 4.98 Å². The number of hydrogen-bond donors (Lipinski definition) is 2. The van der Waals surface area contributed by atoms with Gasteiger partial charge in [-0.2, -0.15) is 0 Å². The fourth-order valence-corrected chi connectivity index (χ4v) is 3.31. The third kappa shape index (κ3) is 4.01. The van der Waals surface area contributed by atoms with Crippen LogP contribution in [-0.4, -0.2) is 29.3 Å². The first-order chi connectivity index (χ1) is 10.3. The summed E-state index contributed by atoms with van der Waals surface area (Å²) in [6.45, 7) is 1.35. The van der Waals surface area contributed by atoms with Crippen molar-refractivity contribution in [2.24, 2.45) is 0 Å². The van der Waals surface area contributed by atoms with E-state index in [9.17, 15) is 5.11 Å². The van der Waals surface area contributed by atoms with Crippen LogP contribution in [0.4, 0.5) is 5.69 Å². The number of aliphatic hydroxyl groups is 1. The van der Waals surface area contributed by atoms with Gasteiger partial charge in [0, 0.05) is 17.1 Å². The minimum absolute atomic E-state index is 0.327. The molecule has 0 fully saturated rings. The topological polar surface area (TPSA) is 54.4 Å². The van der Waals surface area contributed by atoms with Crippen molar-refractivity contribution in [3.8, 4) is 0 Å². The summed E-state index contributed by atoms with van der Waals surface area (Å²) >= 11 is 3.27. The van der Waals surface area contributed by atoms with Crippen molar-refractivity contribution in [2.75, 3.05) is 18.5 Å². The average Bonchev–Trinajstić information content (AvgIpc) is 3.15. The number of thiophene rings is 1. The molecule has 2 heterocycles. The molecule has 6 heteroatoms. The molecule has 1 unspecified atom stereocenters. The summed E-state index contributed by atoms with van der Waals surface area (Å²) in [5.41, 5.74) is 3.83. The summed E-state index contributed by atoms with van der Waals surface area (Å²) in [4.78, 5) is 5.41. The van der Waals surface area contributed by atoms with Crippen LogP contribution in [0.5, 0.6) is 0 Å². The zero-order valence-corrected chi connectivity index (χ0v) is 13.0. The molecule has 0 amide bonds. The highest BCUT2D eigenvalue weighted by molar-refractivity contribution is 7.16. The van der Waals surface area contributed by atoms with Crippen molar-refractivity contribution in [3.63, 3.8) is 0 Å². The first-order valence-electron chi connectivity index (χ1n) is 6.66. The standard InChI is InChI=1S/C15H16N2O2S2/c18-12(8-19-9-13-2-1-5-20-13)7-16-11-3-4-14-15(6-11)21-10-17-14/h1-6,10,12,16,18H,7-9H2. The molecule has 0 aliphatic heterocycles. The van der Waals surface area contributed by atoms with E-state index in [1.807, 2.05) is 41.2 Å². The predicted molar refractivity (Wildman–Crippen MR) is 88.1 cm³/mol. The molecule has 0 spiro atoms. The minimum Gasteiger partial charge on any atom is -0.389 e. The van der Waals surface area contributed by atoms with Crippen LogP contribution in [0.2, 0.25) is 0 Å². The number of rotatable bonds is 7. The lowest BCUT2D eigenvalue weighted by Gasteiger charge is -2.13. The highest BCUT2D eigenvalue weighted by Crippen LogP contribution is 2.21. The molecule has 0 aliphatic rings. The molecule has 110 valence electrons. The Balaban J connectivity index is 1.43. The van der Waals surface area contributed by atoms with Crippen molar-refractivity contribution >= 4 is 38.6 Å². The lowest BCUT2D eigenvalue weighted by molar-refractivity contribution is 0.0359. The van der Waals surface area contributed by atoms with Gasteiger partial charge < -0.3 is 15.2 Å². The van der Waals surface area contributed by atoms with E-state index in [0.29, 0.717) is 19.8 Å². The van der Waals surface area contributed by atoms with Crippen LogP contribution >= 0.6 is 22.7 Å². The highest BCUT2D eigenvalue weighted by Gasteiger charge is 2.05. The maximum atomic E-state index is 9.92. The summed E-state index contributed by atoms with van der Waals surface area (Å²) < 4.78 is 6.64. The SMILES string of the molecule is OC(CNc1ccc2ncsc2c1)COCc1cccs1. The van der Waals surface area contributed by atoms with Crippen molar-refractivity contribution in [1.29, 1.82) is 0 Å². The largest absolute Gasteiger partial charge is 0.389 e. The maximum Gasteiger partial charge on any atom is 0.0945 e. The molecule has 1 aromatic carbocycles. The molecule has 0 saturated carbocycles.